The SMILES string of the molecule is O=C(Nc1ccc2ccccc2n1)c1cc2c(cc1Cl)Sc1nccn1S2(=O)=O. The summed E-state index contributed by atoms with van der Waals surface area (Å²) in [6.45, 7) is 0. The third-order valence-corrected chi connectivity index (χ3v) is 7.74. The van der Waals surface area contributed by atoms with Crippen molar-refractivity contribution in [3.05, 3.63) is 71.5 Å². The predicted molar refractivity (Wildman–Crippen MR) is 110 cm³/mol. The van der Waals surface area contributed by atoms with Crippen LogP contribution in [-0.4, -0.2) is 28.3 Å². The summed E-state index contributed by atoms with van der Waals surface area (Å²) in [6, 6.07) is 13.8. The monoisotopic (exact) mass is 442 g/mol. The largest absolute Gasteiger partial charge is 0.306 e. The highest BCUT2D eigenvalue weighted by atomic mass is 35.5. The van der Waals surface area contributed by atoms with Crippen molar-refractivity contribution in [2.24, 2.45) is 0 Å². The van der Waals surface area contributed by atoms with E-state index < -0.39 is 15.9 Å². The molecule has 0 spiro atoms. The summed E-state index contributed by atoms with van der Waals surface area (Å²) in [5, 5.41) is 4.09. The lowest BCUT2D eigenvalue weighted by Crippen LogP contribution is -2.20. The highest BCUT2D eigenvalue weighted by Crippen LogP contribution is 2.41. The van der Waals surface area contributed by atoms with Gasteiger partial charge in [-0.25, -0.2) is 22.4 Å². The van der Waals surface area contributed by atoms with Gasteiger partial charge in [-0.2, -0.15) is 0 Å². The summed E-state index contributed by atoms with van der Waals surface area (Å²) in [4.78, 5) is 21.7. The van der Waals surface area contributed by atoms with Crippen LogP contribution in [-0.2, 0) is 10.0 Å². The predicted octanol–water partition coefficient (Wildman–Crippen LogP) is 4.04. The van der Waals surface area contributed by atoms with Crippen molar-refractivity contribution in [1.29, 1.82) is 0 Å². The molecule has 0 radical (unpaired) electrons. The zero-order valence-corrected chi connectivity index (χ0v) is 16.9. The van der Waals surface area contributed by atoms with Crippen LogP contribution >= 0.6 is 23.4 Å². The lowest BCUT2D eigenvalue weighted by Gasteiger charge is -2.19. The molecule has 3 heterocycles. The molecule has 1 aliphatic rings. The van der Waals surface area contributed by atoms with Gasteiger partial charge in [0.15, 0.2) is 5.16 Å². The van der Waals surface area contributed by atoms with Gasteiger partial charge in [-0.3, -0.25) is 4.79 Å². The molecule has 29 heavy (non-hydrogen) atoms. The molecular formula is C19H11ClN4O3S2. The summed E-state index contributed by atoms with van der Waals surface area (Å²) in [5.74, 6) is -0.200. The van der Waals surface area contributed by atoms with Gasteiger partial charge in [0.1, 0.15) is 10.7 Å². The molecule has 0 aliphatic carbocycles. The van der Waals surface area contributed by atoms with Crippen molar-refractivity contribution in [2.45, 2.75) is 14.9 Å². The van der Waals surface area contributed by atoms with E-state index in [4.69, 9.17) is 11.6 Å². The number of amides is 1. The minimum Gasteiger partial charge on any atom is -0.306 e. The quantitative estimate of drug-likeness (QED) is 0.443. The van der Waals surface area contributed by atoms with Crippen LogP contribution in [0.2, 0.25) is 5.02 Å². The van der Waals surface area contributed by atoms with Gasteiger partial charge in [0.2, 0.25) is 0 Å². The van der Waals surface area contributed by atoms with Gasteiger partial charge in [0.25, 0.3) is 15.9 Å². The Balaban J connectivity index is 1.53. The highest BCUT2D eigenvalue weighted by Gasteiger charge is 2.32. The number of anilines is 1. The molecule has 7 nitrogen and oxygen atoms in total. The normalized spacial score (nSPS) is 14.2. The van der Waals surface area contributed by atoms with Crippen molar-refractivity contribution in [2.75, 3.05) is 5.32 Å². The summed E-state index contributed by atoms with van der Waals surface area (Å²) in [5.41, 5.74) is 0.779. The fourth-order valence-electron chi connectivity index (χ4n) is 3.05. The molecule has 4 aromatic rings. The number of carbonyl (C=O) groups excluding carboxylic acids is 1. The number of rotatable bonds is 2. The van der Waals surface area contributed by atoms with Crippen LogP contribution < -0.4 is 5.32 Å². The third-order valence-electron chi connectivity index (χ3n) is 4.43. The minimum absolute atomic E-state index is 0.00835. The number of carbonyl (C=O) groups is 1. The minimum atomic E-state index is -3.85. The molecule has 2 aromatic heterocycles. The molecule has 1 aliphatic heterocycles. The number of imidazole rings is 1. The number of pyridine rings is 1. The Labute approximate surface area is 174 Å². The molecular weight excluding hydrogens is 432 g/mol. The lowest BCUT2D eigenvalue weighted by atomic mass is 10.2. The molecule has 2 aromatic carbocycles. The van der Waals surface area contributed by atoms with E-state index in [1.807, 2.05) is 30.3 Å². The van der Waals surface area contributed by atoms with Crippen LogP contribution in [0, 0.1) is 0 Å². The van der Waals surface area contributed by atoms with Gasteiger partial charge in [0, 0.05) is 22.7 Å². The molecule has 1 amide bonds. The van der Waals surface area contributed by atoms with E-state index in [-0.39, 0.29) is 15.5 Å². The van der Waals surface area contributed by atoms with Gasteiger partial charge < -0.3 is 5.32 Å². The Bertz CT molecular complexity index is 1420. The van der Waals surface area contributed by atoms with Crippen LogP contribution in [0.4, 0.5) is 5.82 Å². The summed E-state index contributed by atoms with van der Waals surface area (Å²) >= 11 is 7.47. The Morgan fingerprint density at radius 1 is 1.14 bits per heavy atom. The van der Waals surface area contributed by atoms with Crippen LogP contribution in [0.5, 0.6) is 0 Å². The molecule has 0 saturated heterocycles. The second-order valence-corrected chi connectivity index (χ2v) is 9.43. The van der Waals surface area contributed by atoms with Crippen molar-refractivity contribution in [3.8, 4) is 0 Å². The van der Waals surface area contributed by atoms with E-state index in [2.05, 4.69) is 15.3 Å². The van der Waals surface area contributed by atoms with Gasteiger partial charge in [0.05, 0.1) is 16.1 Å². The first-order chi connectivity index (χ1) is 13.9. The molecule has 144 valence electrons. The maximum absolute atomic E-state index is 12.9. The van der Waals surface area contributed by atoms with Crippen molar-refractivity contribution < 1.29 is 13.2 Å². The van der Waals surface area contributed by atoms with Crippen molar-refractivity contribution in [1.82, 2.24) is 13.9 Å². The highest BCUT2D eigenvalue weighted by molar-refractivity contribution is 8.01. The Morgan fingerprint density at radius 2 is 1.97 bits per heavy atom. The number of aromatic nitrogens is 3. The van der Waals surface area contributed by atoms with Crippen molar-refractivity contribution in [3.63, 3.8) is 0 Å². The Kier molecular flexibility index (Phi) is 4.12. The summed E-state index contributed by atoms with van der Waals surface area (Å²) in [7, 11) is -3.85. The van der Waals surface area contributed by atoms with E-state index in [1.54, 1.807) is 6.07 Å². The van der Waals surface area contributed by atoms with Crippen LogP contribution in [0.25, 0.3) is 10.9 Å². The zero-order chi connectivity index (χ0) is 20.2. The molecule has 0 bridgehead atoms. The number of halogens is 1. The summed E-state index contributed by atoms with van der Waals surface area (Å²) < 4.78 is 26.8. The van der Waals surface area contributed by atoms with E-state index in [0.717, 1.165) is 14.9 Å². The van der Waals surface area contributed by atoms with Gasteiger partial charge in [-0.1, -0.05) is 29.8 Å². The smallest absolute Gasteiger partial charge is 0.270 e. The number of benzene rings is 2. The lowest BCUT2D eigenvalue weighted by molar-refractivity contribution is 0.102. The number of hydrogen-bond donors (Lipinski definition) is 1. The second kappa shape index (κ2) is 6.58. The first-order valence-electron chi connectivity index (χ1n) is 8.41. The number of fused-ring (bicyclic) bond motifs is 3. The number of para-hydroxylation sites is 1. The topological polar surface area (TPSA) is 93.9 Å². The Hall–Kier alpha value is -2.88. The van der Waals surface area contributed by atoms with Crippen molar-refractivity contribution >= 4 is 56.0 Å². The molecule has 1 N–H and O–H groups in total. The first kappa shape index (κ1) is 18.2. The fourth-order valence-corrected chi connectivity index (χ4v) is 6.26. The first-order valence-corrected chi connectivity index (χ1v) is 11.0. The number of hydrogen-bond acceptors (Lipinski definition) is 6. The van der Waals surface area contributed by atoms with Crippen LogP contribution in [0.3, 0.4) is 0 Å². The molecule has 0 unspecified atom stereocenters. The maximum Gasteiger partial charge on any atom is 0.270 e. The number of nitrogens with zero attached hydrogens (tertiary/aromatic N) is 3. The van der Waals surface area contributed by atoms with Gasteiger partial charge in [-0.15, -0.1) is 0 Å². The van der Waals surface area contributed by atoms with Crippen LogP contribution in [0.15, 0.2) is 75.9 Å². The average Bonchev–Trinajstić information content (AvgIpc) is 3.17. The van der Waals surface area contributed by atoms with Gasteiger partial charge in [-0.05, 0) is 42.1 Å². The molecule has 0 atom stereocenters. The van der Waals surface area contributed by atoms with E-state index >= 15 is 0 Å². The Morgan fingerprint density at radius 3 is 2.83 bits per heavy atom. The van der Waals surface area contributed by atoms with E-state index in [1.165, 1.54) is 36.3 Å². The average molecular weight is 443 g/mol. The molecule has 5 rings (SSSR count). The maximum atomic E-state index is 12.9. The fraction of sp³-hybridized carbons (Fsp3) is 0. The van der Waals surface area contributed by atoms with E-state index in [9.17, 15) is 13.2 Å². The van der Waals surface area contributed by atoms with Crippen LogP contribution in [0.1, 0.15) is 10.4 Å². The molecule has 0 fully saturated rings. The summed E-state index contributed by atoms with van der Waals surface area (Å²) in [6.07, 6.45) is 2.78. The standard InChI is InChI=1S/C19H11ClN4O3S2/c20-13-10-15-16(29(26,27)24-8-7-21-19(24)28-15)9-12(13)18(25)23-17-6-5-11-3-1-2-4-14(11)22-17/h1-10H,(H,22,23,25). The second-order valence-electron chi connectivity index (χ2n) is 6.23. The third kappa shape index (κ3) is 2.98. The van der Waals surface area contributed by atoms with E-state index in [0.29, 0.717) is 15.9 Å². The number of nitrogens with one attached hydrogen (secondary N) is 1. The molecule has 0 saturated carbocycles. The molecule has 10 heteroatoms. The zero-order valence-electron chi connectivity index (χ0n) is 14.5. The van der Waals surface area contributed by atoms with Gasteiger partial charge >= 0.3 is 0 Å².